The molecule has 112 valence electrons. The Hall–Kier alpha value is -1.26. The Kier molecular flexibility index (Phi) is 5.26. The molecule has 0 aliphatic carbocycles. The van der Waals surface area contributed by atoms with Crippen LogP contribution in [-0.4, -0.2) is 43.8 Å². The summed E-state index contributed by atoms with van der Waals surface area (Å²) in [5.41, 5.74) is 1.27. The van der Waals surface area contributed by atoms with Crippen molar-refractivity contribution in [2.24, 2.45) is 0 Å². The number of hydrogen-bond acceptors (Lipinski definition) is 4. The summed E-state index contributed by atoms with van der Waals surface area (Å²) in [7, 11) is 1.69. The molecule has 1 unspecified atom stereocenters. The van der Waals surface area contributed by atoms with Crippen LogP contribution in [0.3, 0.4) is 0 Å². The molecule has 1 heterocycles. The van der Waals surface area contributed by atoms with E-state index in [1.165, 1.54) is 5.56 Å². The highest BCUT2D eigenvalue weighted by molar-refractivity contribution is 5.43. The lowest BCUT2D eigenvalue weighted by Gasteiger charge is -2.31. The second-order valence-corrected chi connectivity index (χ2v) is 5.74. The highest BCUT2D eigenvalue weighted by Crippen LogP contribution is 2.29. The lowest BCUT2D eigenvalue weighted by atomic mass is 10.1. The van der Waals surface area contributed by atoms with Crippen LogP contribution in [0.2, 0.25) is 0 Å². The van der Waals surface area contributed by atoms with Crippen LogP contribution in [0, 0.1) is 0 Å². The van der Waals surface area contributed by atoms with Gasteiger partial charge in [0.25, 0.3) is 0 Å². The third-order valence-corrected chi connectivity index (χ3v) is 3.45. The maximum atomic E-state index is 5.75. The van der Waals surface area contributed by atoms with Gasteiger partial charge in [0.1, 0.15) is 0 Å². The lowest BCUT2D eigenvalue weighted by Crippen LogP contribution is -2.48. The standard InChI is InChI=1S/C16H26N2O2/c1-12(2)20-15-6-5-14(9-16(15)19-4)11-18-8-7-17-13(3)10-18/h5-6,9,12-13,17H,7-8,10-11H2,1-4H3. The molecular weight excluding hydrogens is 252 g/mol. The summed E-state index contributed by atoms with van der Waals surface area (Å²) >= 11 is 0. The number of nitrogens with zero attached hydrogens (tertiary/aromatic N) is 1. The van der Waals surface area contributed by atoms with Crippen molar-refractivity contribution < 1.29 is 9.47 Å². The van der Waals surface area contributed by atoms with Gasteiger partial charge >= 0.3 is 0 Å². The minimum Gasteiger partial charge on any atom is -0.493 e. The maximum absolute atomic E-state index is 5.75. The fourth-order valence-electron chi connectivity index (χ4n) is 2.58. The molecule has 0 amide bonds. The number of piperazine rings is 1. The summed E-state index contributed by atoms with van der Waals surface area (Å²) in [6.07, 6.45) is 0.156. The van der Waals surface area contributed by atoms with E-state index in [0.29, 0.717) is 6.04 Å². The summed E-state index contributed by atoms with van der Waals surface area (Å²) in [5, 5.41) is 3.46. The zero-order valence-corrected chi connectivity index (χ0v) is 13.0. The lowest BCUT2D eigenvalue weighted by molar-refractivity contribution is 0.199. The molecule has 4 heteroatoms. The number of rotatable bonds is 5. The highest BCUT2D eigenvalue weighted by Gasteiger charge is 2.16. The van der Waals surface area contributed by atoms with Gasteiger partial charge in [0.2, 0.25) is 0 Å². The van der Waals surface area contributed by atoms with Crippen molar-refractivity contribution in [3.63, 3.8) is 0 Å². The summed E-state index contributed by atoms with van der Waals surface area (Å²) in [5.74, 6) is 1.64. The van der Waals surface area contributed by atoms with Gasteiger partial charge in [0, 0.05) is 32.2 Å². The molecule has 1 aliphatic rings. The number of methoxy groups -OCH3 is 1. The SMILES string of the molecule is COc1cc(CN2CCNC(C)C2)ccc1OC(C)C. The van der Waals surface area contributed by atoms with Crippen LogP contribution in [0.4, 0.5) is 0 Å². The van der Waals surface area contributed by atoms with E-state index >= 15 is 0 Å². The molecule has 0 aromatic heterocycles. The third kappa shape index (κ3) is 4.12. The number of benzene rings is 1. The molecule has 0 spiro atoms. The fourth-order valence-corrected chi connectivity index (χ4v) is 2.58. The van der Waals surface area contributed by atoms with E-state index in [1.54, 1.807) is 7.11 Å². The van der Waals surface area contributed by atoms with Crippen LogP contribution in [-0.2, 0) is 6.54 Å². The second-order valence-electron chi connectivity index (χ2n) is 5.74. The molecule has 1 atom stereocenters. The van der Waals surface area contributed by atoms with E-state index in [2.05, 4.69) is 29.3 Å². The molecule has 1 fully saturated rings. The average Bonchev–Trinajstić information content (AvgIpc) is 2.40. The minimum atomic E-state index is 0.156. The van der Waals surface area contributed by atoms with Gasteiger partial charge in [0.05, 0.1) is 13.2 Å². The zero-order valence-electron chi connectivity index (χ0n) is 13.0. The predicted molar refractivity (Wildman–Crippen MR) is 81.5 cm³/mol. The van der Waals surface area contributed by atoms with Crippen molar-refractivity contribution in [2.45, 2.75) is 39.5 Å². The Labute approximate surface area is 122 Å². The van der Waals surface area contributed by atoms with Gasteiger partial charge in [-0.1, -0.05) is 6.07 Å². The largest absolute Gasteiger partial charge is 0.493 e. The molecule has 1 saturated heterocycles. The summed E-state index contributed by atoms with van der Waals surface area (Å²) in [6, 6.07) is 6.80. The van der Waals surface area contributed by atoms with Crippen molar-refractivity contribution in [1.29, 1.82) is 0 Å². The molecule has 2 rings (SSSR count). The normalized spacial score (nSPS) is 20.1. The molecule has 1 aromatic carbocycles. The summed E-state index contributed by atoms with van der Waals surface area (Å²) in [6.45, 7) is 10.5. The van der Waals surface area contributed by atoms with Gasteiger partial charge < -0.3 is 14.8 Å². The molecule has 4 nitrogen and oxygen atoms in total. The van der Waals surface area contributed by atoms with Gasteiger partial charge in [0.15, 0.2) is 11.5 Å². The van der Waals surface area contributed by atoms with Crippen LogP contribution in [0.25, 0.3) is 0 Å². The van der Waals surface area contributed by atoms with Gasteiger partial charge in [-0.3, -0.25) is 4.90 Å². The molecule has 1 aromatic rings. The number of nitrogens with one attached hydrogen (secondary N) is 1. The van der Waals surface area contributed by atoms with E-state index in [9.17, 15) is 0 Å². The van der Waals surface area contributed by atoms with Crippen molar-refractivity contribution in [1.82, 2.24) is 10.2 Å². The smallest absolute Gasteiger partial charge is 0.161 e. The van der Waals surface area contributed by atoms with Crippen LogP contribution in [0.15, 0.2) is 18.2 Å². The molecule has 0 saturated carbocycles. The Balaban J connectivity index is 2.05. The van der Waals surface area contributed by atoms with Gasteiger partial charge in [-0.05, 0) is 38.5 Å². The average molecular weight is 278 g/mol. The van der Waals surface area contributed by atoms with E-state index < -0.39 is 0 Å². The number of hydrogen-bond donors (Lipinski definition) is 1. The molecule has 20 heavy (non-hydrogen) atoms. The van der Waals surface area contributed by atoms with Crippen molar-refractivity contribution in [3.05, 3.63) is 23.8 Å². The first-order valence-corrected chi connectivity index (χ1v) is 7.37. The van der Waals surface area contributed by atoms with Gasteiger partial charge in [-0.15, -0.1) is 0 Å². The third-order valence-electron chi connectivity index (χ3n) is 3.45. The molecule has 1 N–H and O–H groups in total. The first-order valence-electron chi connectivity index (χ1n) is 7.37. The highest BCUT2D eigenvalue weighted by atomic mass is 16.5. The van der Waals surface area contributed by atoms with Crippen LogP contribution in [0.5, 0.6) is 11.5 Å². The monoisotopic (exact) mass is 278 g/mol. The first kappa shape index (κ1) is 15.1. The van der Waals surface area contributed by atoms with E-state index in [1.807, 2.05) is 19.9 Å². The maximum Gasteiger partial charge on any atom is 0.161 e. The Morgan fingerprint density at radius 1 is 1.35 bits per heavy atom. The van der Waals surface area contributed by atoms with Crippen molar-refractivity contribution in [3.8, 4) is 11.5 Å². The van der Waals surface area contributed by atoms with Crippen molar-refractivity contribution in [2.75, 3.05) is 26.7 Å². The van der Waals surface area contributed by atoms with Gasteiger partial charge in [-0.2, -0.15) is 0 Å². The molecule has 0 radical (unpaired) electrons. The zero-order chi connectivity index (χ0) is 14.5. The van der Waals surface area contributed by atoms with Crippen LogP contribution >= 0.6 is 0 Å². The fraction of sp³-hybridized carbons (Fsp3) is 0.625. The second kappa shape index (κ2) is 6.95. The Bertz CT molecular complexity index is 434. The van der Waals surface area contributed by atoms with Crippen LogP contribution < -0.4 is 14.8 Å². The quantitative estimate of drug-likeness (QED) is 0.896. The molecular formula is C16H26N2O2. The van der Waals surface area contributed by atoms with Crippen molar-refractivity contribution >= 4 is 0 Å². The minimum absolute atomic E-state index is 0.156. The van der Waals surface area contributed by atoms with Crippen LogP contribution in [0.1, 0.15) is 26.3 Å². The number of ether oxygens (including phenoxy) is 2. The van der Waals surface area contributed by atoms with E-state index in [4.69, 9.17) is 9.47 Å². The predicted octanol–water partition coefficient (Wildman–Crippen LogP) is 2.28. The van der Waals surface area contributed by atoms with Gasteiger partial charge in [-0.25, -0.2) is 0 Å². The summed E-state index contributed by atoms with van der Waals surface area (Å²) < 4.78 is 11.2. The van der Waals surface area contributed by atoms with E-state index in [-0.39, 0.29) is 6.10 Å². The molecule has 0 bridgehead atoms. The van der Waals surface area contributed by atoms with E-state index in [0.717, 1.165) is 37.7 Å². The Morgan fingerprint density at radius 2 is 2.15 bits per heavy atom. The molecule has 1 aliphatic heterocycles. The summed E-state index contributed by atoms with van der Waals surface area (Å²) in [4.78, 5) is 2.47. The Morgan fingerprint density at radius 3 is 2.80 bits per heavy atom. The first-order chi connectivity index (χ1) is 9.58. The topological polar surface area (TPSA) is 33.7 Å².